The zero-order chi connectivity index (χ0) is 28.1. The molecule has 200 valence electrons. The smallest absolute Gasteiger partial charge is 0.323 e. The van der Waals surface area contributed by atoms with Crippen molar-refractivity contribution in [2.45, 2.75) is 0 Å². The van der Waals surface area contributed by atoms with Crippen LogP contribution in [0.2, 0.25) is 5.02 Å². The van der Waals surface area contributed by atoms with Crippen molar-refractivity contribution in [3.05, 3.63) is 106 Å². The molecule has 2 N–H and O–H groups in total. The van der Waals surface area contributed by atoms with Crippen LogP contribution in [0.4, 0.5) is 21.9 Å². The van der Waals surface area contributed by atoms with Crippen molar-refractivity contribution >= 4 is 34.7 Å². The maximum Gasteiger partial charge on any atom is 0.323 e. The van der Waals surface area contributed by atoms with E-state index >= 15 is 0 Å². The summed E-state index contributed by atoms with van der Waals surface area (Å²) >= 11 is 5.88. The number of halogens is 1. The summed E-state index contributed by atoms with van der Waals surface area (Å²) in [6.07, 6.45) is 0. The van der Waals surface area contributed by atoms with Crippen molar-refractivity contribution in [2.75, 3.05) is 17.7 Å². The van der Waals surface area contributed by atoms with Gasteiger partial charge in [-0.15, -0.1) is 0 Å². The SMILES string of the molecule is COc1cc(-c2nc(-c3ccc(NC(=O)Nc4ccccc4)cc3)no2)ccc1Oc1ccc(Cl)cc1[N+](=O)[O-]. The summed E-state index contributed by atoms with van der Waals surface area (Å²) < 4.78 is 16.6. The predicted octanol–water partition coefficient (Wildman–Crippen LogP) is 7.41. The Kier molecular flexibility index (Phi) is 7.56. The molecule has 0 fully saturated rings. The average molecular weight is 558 g/mol. The maximum absolute atomic E-state index is 12.2. The van der Waals surface area contributed by atoms with Crippen molar-refractivity contribution in [2.24, 2.45) is 0 Å². The van der Waals surface area contributed by atoms with Crippen LogP contribution in [0.1, 0.15) is 0 Å². The van der Waals surface area contributed by atoms with Crippen molar-refractivity contribution in [1.29, 1.82) is 0 Å². The van der Waals surface area contributed by atoms with E-state index in [-0.39, 0.29) is 34.1 Å². The molecule has 0 saturated carbocycles. The lowest BCUT2D eigenvalue weighted by Gasteiger charge is -2.11. The first kappa shape index (κ1) is 26.2. The normalized spacial score (nSPS) is 10.6. The standard InChI is InChI=1S/C28H20ClN5O6/c1-38-25-15-18(9-13-24(25)39-23-14-10-19(29)16-22(23)34(36)37)27-32-26(33-40-27)17-7-11-21(12-8-17)31-28(35)30-20-5-3-2-4-6-20/h2-16H,1H3,(H2,30,31,35). The fraction of sp³-hybridized carbons (Fsp3) is 0.0357. The minimum Gasteiger partial charge on any atom is -0.493 e. The Morgan fingerprint density at radius 3 is 2.25 bits per heavy atom. The van der Waals surface area contributed by atoms with E-state index in [1.165, 1.54) is 25.3 Å². The van der Waals surface area contributed by atoms with Gasteiger partial charge in [0.2, 0.25) is 11.6 Å². The Labute approximate surface area is 232 Å². The lowest BCUT2D eigenvalue weighted by atomic mass is 10.2. The van der Waals surface area contributed by atoms with E-state index in [1.54, 1.807) is 54.6 Å². The Morgan fingerprint density at radius 1 is 0.875 bits per heavy atom. The highest BCUT2D eigenvalue weighted by Crippen LogP contribution is 2.39. The number of ether oxygens (including phenoxy) is 2. The second-order valence-corrected chi connectivity index (χ2v) is 8.72. The molecule has 0 aliphatic rings. The number of urea groups is 1. The van der Waals surface area contributed by atoms with Crippen LogP contribution in [0.25, 0.3) is 22.8 Å². The number of methoxy groups -OCH3 is 1. The van der Waals surface area contributed by atoms with Gasteiger partial charge in [-0.1, -0.05) is 35.0 Å². The van der Waals surface area contributed by atoms with Gasteiger partial charge >= 0.3 is 11.7 Å². The van der Waals surface area contributed by atoms with E-state index in [2.05, 4.69) is 20.8 Å². The second-order valence-electron chi connectivity index (χ2n) is 8.28. The molecule has 5 aromatic rings. The zero-order valence-electron chi connectivity index (χ0n) is 20.8. The monoisotopic (exact) mass is 557 g/mol. The number of aromatic nitrogens is 2. The molecule has 11 nitrogen and oxygen atoms in total. The highest BCUT2D eigenvalue weighted by atomic mass is 35.5. The number of anilines is 2. The van der Waals surface area contributed by atoms with Gasteiger partial charge in [0, 0.05) is 33.6 Å². The van der Waals surface area contributed by atoms with Gasteiger partial charge in [-0.25, -0.2) is 4.79 Å². The molecule has 0 unspecified atom stereocenters. The minimum absolute atomic E-state index is 0.0102. The van der Waals surface area contributed by atoms with Crippen molar-refractivity contribution in [1.82, 2.24) is 10.1 Å². The van der Waals surface area contributed by atoms with Crippen LogP contribution in [0.5, 0.6) is 17.2 Å². The molecule has 0 aliphatic carbocycles. The molecule has 2 amide bonds. The average Bonchev–Trinajstić information content (AvgIpc) is 3.45. The predicted molar refractivity (Wildman–Crippen MR) is 149 cm³/mol. The topological polar surface area (TPSA) is 142 Å². The molecule has 0 spiro atoms. The number of benzene rings is 4. The number of carbonyl (C=O) groups excluding carboxylic acids is 1. The van der Waals surface area contributed by atoms with E-state index in [0.29, 0.717) is 34.1 Å². The fourth-order valence-electron chi connectivity index (χ4n) is 3.70. The third kappa shape index (κ3) is 6.00. The quantitative estimate of drug-likeness (QED) is 0.148. The molecule has 1 heterocycles. The van der Waals surface area contributed by atoms with Gasteiger partial charge in [0.25, 0.3) is 5.89 Å². The summed E-state index contributed by atoms with van der Waals surface area (Å²) in [5, 5.41) is 21.2. The number of nitro groups is 1. The van der Waals surface area contributed by atoms with Crippen molar-refractivity contribution < 1.29 is 23.7 Å². The Hall–Kier alpha value is -5.42. The highest BCUT2D eigenvalue weighted by molar-refractivity contribution is 6.30. The van der Waals surface area contributed by atoms with Crippen molar-refractivity contribution in [3.8, 4) is 40.1 Å². The van der Waals surface area contributed by atoms with Gasteiger partial charge in [0.05, 0.1) is 12.0 Å². The molecule has 40 heavy (non-hydrogen) atoms. The summed E-state index contributed by atoms with van der Waals surface area (Å²) in [4.78, 5) is 27.5. The maximum atomic E-state index is 12.2. The van der Waals surface area contributed by atoms with Crippen LogP contribution in [0.3, 0.4) is 0 Å². The number of nitrogens with zero attached hydrogens (tertiary/aromatic N) is 3. The van der Waals surface area contributed by atoms with Crippen LogP contribution >= 0.6 is 11.6 Å². The van der Waals surface area contributed by atoms with Crippen LogP contribution in [-0.4, -0.2) is 28.2 Å². The lowest BCUT2D eigenvalue weighted by molar-refractivity contribution is -0.385. The molecule has 0 saturated heterocycles. The molecule has 0 atom stereocenters. The summed E-state index contributed by atoms with van der Waals surface area (Å²) in [5.74, 6) is 1.12. The summed E-state index contributed by atoms with van der Waals surface area (Å²) in [7, 11) is 1.44. The summed E-state index contributed by atoms with van der Waals surface area (Å²) in [6, 6.07) is 24.7. The van der Waals surface area contributed by atoms with Crippen LogP contribution in [-0.2, 0) is 0 Å². The first-order valence-corrected chi connectivity index (χ1v) is 12.1. The first-order chi connectivity index (χ1) is 19.4. The Balaban J connectivity index is 1.29. The van der Waals surface area contributed by atoms with Crippen molar-refractivity contribution in [3.63, 3.8) is 0 Å². The molecule has 4 aromatic carbocycles. The van der Waals surface area contributed by atoms with Gasteiger partial charge in [0.15, 0.2) is 11.5 Å². The summed E-state index contributed by atoms with van der Waals surface area (Å²) in [5.41, 5.74) is 2.20. The van der Waals surface area contributed by atoms with Gasteiger partial charge in [-0.05, 0) is 66.7 Å². The molecule has 5 rings (SSSR count). The fourth-order valence-corrected chi connectivity index (χ4v) is 3.86. The van der Waals surface area contributed by atoms with E-state index in [4.69, 9.17) is 25.6 Å². The summed E-state index contributed by atoms with van der Waals surface area (Å²) in [6.45, 7) is 0. The molecule has 0 bridgehead atoms. The molecular formula is C28H20ClN5O6. The van der Waals surface area contributed by atoms with Gasteiger partial charge in [-0.2, -0.15) is 4.98 Å². The lowest BCUT2D eigenvalue weighted by Crippen LogP contribution is -2.19. The molecule has 12 heteroatoms. The number of para-hydroxylation sites is 1. The van der Waals surface area contributed by atoms with E-state index in [1.807, 2.05) is 18.2 Å². The second kappa shape index (κ2) is 11.5. The number of rotatable bonds is 8. The third-order valence-corrected chi connectivity index (χ3v) is 5.84. The Morgan fingerprint density at radius 2 is 1.55 bits per heavy atom. The van der Waals surface area contributed by atoms with Gasteiger partial charge in [0.1, 0.15) is 0 Å². The first-order valence-electron chi connectivity index (χ1n) is 11.8. The van der Waals surface area contributed by atoms with Gasteiger partial charge < -0.3 is 24.6 Å². The number of hydrogen-bond donors (Lipinski definition) is 2. The molecule has 0 radical (unpaired) electrons. The zero-order valence-corrected chi connectivity index (χ0v) is 21.6. The molecule has 1 aromatic heterocycles. The van der Waals surface area contributed by atoms with Crippen LogP contribution in [0, 0.1) is 10.1 Å². The third-order valence-electron chi connectivity index (χ3n) is 5.61. The van der Waals surface area contributed by atoms with E-state index in [9.17, 15) is 14.9 Å². The number of amides is 2. The molecular weight excluding hydrogens is 538 g/mol. The van der Waals surface area contributed by atoms with E-state index in [0.717, 1.165) is 0 Å². The minimum atomic E-state index is -0.579. The largest absolute Gasteiger partial charge is 0.493 e. The van der Waals surface area contributed by atoms with Gasteiger partial charge in [-0.3, -0.25) is 10.1 Å². The van der Waals surface area contributed by atoms with Crippen LogP contribution < -0.4 is 20.1 Å². The number of hydrogen-bond acceptors (Lipinski definition) is 8. The molecule has 0 aliphatic heterocycles. The number of nitrogens with one attached hydrogen (secondary N) is 2. The number of carbonyl (C=O) groups is 1. The Bertz CT molecular complexity index is 1670. The number of nitro benzene ring substituents is 1. The highest BCUT2D eigenvalue weighted by Gasteiger charge is 2.19. The van der Waals surface area contributed by atoms with E-state index < -0.39 is 4.92 Å². The van der Waals surface area contributed by atoms with Crippen LogP contribution in [0.15, 0.2) is 95.5 Å².